The van der Waals surface area contributed by atoms with Crippen LogP contribution in [-0.2, 0) is 0 Å². The van der Waals surface area contributed by atoms with Crippen LogP contribution in [0.5, 0.6) is 0 Å². The van der Waals surface area contributed by atoms with Crippen molar-refractivity contribution < 1.29 is 0 Å². The highest BCUT2D eigenvalue weighted by Crippen LogP contribution is 2.08. The molecule has 0 spiro atoms. The molecule has 0 atom stereocenters. The SMILES string of the molecule is C/C(=N/Nc1ccccc1)c1cccc(/C(C)=N/Nc2ccccc2)n1. The number of benzene rings is 2. The Morgan fingerprint density at radius 3 is 1.46 bits per heavy atom. The Labute approximate surface area is 153 Å². The summed E-state index contributed by atoms with van der Waals surface area (Å²) < 4.78 is 0. The van der Waals surface area contributed by atoms with Crippen molar-refractivity contribution in [2.45, 2.75) is 13.8 Å². The largest absolute Gasteiger partial charge is 0.278 e. The summed E-state index contributed by atoms with van der Waals surface area (Å²) >= 11 is 0. The standard InChI is InChI=1S/C21H21N5/c1-16(23-25-18-10-5-3-6-11-18)20-14-9-15-21(22-20)17(2)24-26-19-12-7-4-8-13-19/h3-15,25-26H,1-2H3/b23-16-,24-17+. The van der Waals surface area contributed by atoms with Gasteiger partial charge in [0.25, 0.3) is 0 Å². The molecule has 130 valence electrons. The Balaban J connectivity index is 1.72. The van der Waals surface area contributed by atoms with Gasteiger partial charge in [-0.25, -0.2) is 4.98 Å². The molecule has 1 aromatic heterocycles. The summed E-state index contributed by atoms with van der Waals surface area (Å²) in [5.41, 5.74) is 11.2. The molecule has 0 amide bonds. The Hall–Kier alpha value is -3.47. The molecule has 0 fully saturated rings. The molecule has 0 aliphatic carbocycles. The van der Waals surface area contributed by atoms with Crippen LogP contribution >= 0.6 is 0 Å². The second kappa shape index (κ2) is 8.58. The highest BCUT2D eigenvalue weighted by atomic mass is 15.3. The molecule has 1 heterocycles. The molecule has 3 rings (SSSR count). The number of hydrazone groups is 2. The zero-order valence-corrected chi connectivity index (χ0v) is 14.8. The van der Waals surface area contributed by atoms with Crippen molar-refractivity contribution in [2.75, 3.05) is 10.9 Å². The molecule has 5 heteroatoms. The predicted octanol–water partition coefficient (Wildman–Crippen LogP) is 4.75. The van der Waals surface area contributed by atoms with Gasteiger partial charge in [-0.1, -0.05) is 42.5 Å². The van der Waals surface area contributed by atoms with E-state index in [1.807, 2.05) is 92.7 Å². The average Bonchev–Trinajstić information content (AvgIpc) is 2.72. The van der Waals surface area contributed by atoms with E-state index < -0.39 is 0 Å². The van der Waals surface area contributed by atoms with Gasteiger partial charge in [0.15, 0.2) is 0 Å². The summed E-state index contributed by atoms with van der Waals surface area (Å²) in [6.07, 6.45) is 0. The number of pyridine rings is 1. The van der Waals surface area contributed by atoms with Gasteiger partial charge in [0, 0.05) is 0 Å². The lowest BCUT2D eigenvalue weighted by Gasteiger charge is -2.06. The van der Waals surface area contributed by atoms with E-state index in [2.05, 4.69) is 26.0 Å². The number of rotatable bonds is 6. The van der Waals surface area contributed by atoms with Crippen molar-refractivity contribution in [1.82, 2.24) is 4.98 Å². The van der Waals surface area contributed by atoms with E-state index in [-0.39, 0.29) is 0 Å². The van der Waals surface area contributed by atoms with E-state index in [4.69, 9.17) is 0 Å². The third-order valence-electron chi connectivity index (χ3n) is 3.74. The van der Waals surface area contributed by atoms with E-state index in [1.165, 1.54) is 0 Å². The minimum Gasteiger partial charge on any atom is -0.278 e. The maximum absolute atomic E-state index is 4.66. The van der Waals surface area contributed by atoms with Crippen LogP contribution in [-0.4, -0.2) is 16.4 Å². The Morgan fingerprint density at radius 2 is 1.04 bits per heavy atom. The number of nitrogens with zero attached hydrogens (tertiary/aromatic N) is 3. The molecule has 0 radical (unpaired) electrons. The fraction of sp³-hybridized carbons (Fsp3) is 0.0952. The van der Waals surface area contributed by atoms with Gasteiger partial charge in [0.1, 0.15) is 0 Å². The van der Waals surface area contributed by atoms with Gasteiger partial charge in [-0.15, -0.1) is 0 Å². The van der Waals surface area contributed by atoms with Crippen LogP contribution in [0.25, 0.3) is 0 Å². The lowest BCUT2D eigenvalue weighted by atomic mass is 10.2. The average molecular weight is 343 g/mol. The molecule has 0 bridgehead atoms. The topological polar surface area (TPSA) is 61.7 Å². The van der Waals surface area contributed by atoms with Crippen LogP contribution < -0.4 is 10.9 Å². The Bertz CT molecular complexity index is 829. The van der Waals surface area contributed by atoms with Crippen LogP contribution in [0.15, 0.2) is 89.1 Å². The third kappa shape index (κ3) is 4.77. The van der Waals surface area contributed by atoms with E-state index in [0.29, 0.717) is 0 Å². The fourth-order valence-electron chi connectivity index (χ4n) is 2.27. The number of hydrogen-bond acceptors (Lipinski definition) is 5. The molecule has 2 aromatic carbocycles. The lowest BCUT2D eigenvalue weighted by Crippen LogP contribution is -2.08. The monoisotopic (exact) mass is 343 g/mol. The first-order chi connectivity index (χ1) is 12.7. The van der Waals surface area contributed by atoms with Crippen molar-refractivity contribution in [2.24, 2.45) is 10.2 Å². The lowest BCUT2D eigenvalue weighted by molar-refractivity contribution is 1.21. The van der Waals surface area contributed by atoms with E-state index in [9.17, 15) is 0 Å². The summed E-state index contributed by atoms with van der Waals surface area (Å²) in [6.45, 7) is 3.85. The van der Waals surface area contributed by atoms with Gasteiger partial charge in [-0.2, -0.15) is 10.2 Å². The maximum Gasteiger partial charge on any atom is 0.0867 e. The summed E-state index contributed by atoms with van der Waals surface area (Å²) in [5.74, 6) is 0. The van der Waals surface area contributed by atoms with Crippen molar-refractivity contribution in [3.05, 3.63) is 90.3 Å². The molecule has 0 saturated carbocycles. The summed E-state index contributed by atoms with van der Waals surface area (Å²) in [6, 6.07) is 25.5. The Kier molecular flexibility index (Phi) is 5.72. The van der Waals surface area contributed by atoms with Crippen molar-refractivity contribution in [3.63, 3.8) is 0 Å². The molecule has 2 N–H and O–H groups in total. The minimum atomic E-state index is 0.805. The highest BCUT2D eigenvalue weighted by molar-refractivity contribution is 6.01. The minimum absolute atomic E-state index is 0.805. The summed E-state index contributed by atoms with van der Waals surface area (Å²) in [7, 11) is 0. The molecule has 0 unspecified atom stereocenters. The van der Waals surface area contributed by atoms with Crippen molar-refractivity contribution in [1.29, 1.82) is 0 Å². The third-order valence-corrected chi connectivity index (χ3v) is 3.74. The first-order valence-corrected chi connectivity index (χ1v) is 8.41. The number of aromatic nitrogens is 1. The van der Waals surface area contributed by atoms with Crippen LogP contribution in [0.1, 0.15) is 25.2 Å². The van der Waals surface area contributed by atoms with Crippen LogP contribution in [0.3, 0.4) is 0 Å². The van der Waals surface area contributed by atoms with E-state index in [0.717, 1.165) is 34.2 Å². The Morgan fingerprint density at radius 1 is 0.615 bits per heavy atom. The first-order valence-electron chi connectivity index (χ1n) is 8.41. The summed E-state index contributed by atoms with van der Waals surface area (Å²) in [5, 5.41) is 8.81. The molecule has 0 aliphatic rings. The van der Waals surface area contributed by atoms with Gasteiger partial charge < -0.3 is 0 Å². The first kappa shape index (κ1) is 17.4. The number of nitrogens with one attached hydrogen (secondary N) is 2. The molecule has 0 saturated heterocycles. The quantitative estimate of drug-likeness (QED) is 0.501. The van der Waals surface area contributed by atoms with Gasteiger partial charge in [-0.3, -0.25) is 10.9 Å². The predicted molar refractivity (Wildman–Crippen MR) is 109 cm³/mol. The van der Waals surface area contributed by atoms with Gasteiger partial charge in [0.2, 0.25) is 0 Å². The van der Waals surface area contributed by atoms with E-state index >= 15 is 0 Å². The van der Waals surface area contributed by atoms with Crippen LogP contribution in [0.2, 0.25) is 0 Å². The molecule has 5 nitrogen and oxygen atoms in total. The van der Waals surface area contributed by atoms with Gasteiger partial charge >= 0.3 is 0 Å². The molecular weight excluding hydrogens is 322 g/mol. The molecule has 26 heavy (non-hydrogen) atoms. The van der Waals surface area contributed by atoms with Gasteiger partial charge in [-0.05, 0) is 50.2 Å². The second-order valence-corrected chi connectivity index (χ2v) is 5.76. The molecular formula is C21H21N5. The van der Waals surface area contributed by atoms with Gasteiger partial charge in [0.05, 0.1) is 34.2 Å². The zero-order chi connectivity index (χ0) is 18.2. The normalized spacial score (nSPS) is 11.9. The molecule has 0 aliphatic heterocycles. The van der Waals surface area contributed by atoms with E-state index in [1.54, 1.807) is 0 Å². The smallest absolute Gasteiger partial charge is 0.0867 e. The highest BCUT2D eigenvalue weighted by Gasteiger charge is 2.04. The van der Waals surface area contributed by atoms with Crippen molar-refractivity contribution in [3.8, 4) is 0 Å². The maximum atomic E-state index is 4.66. The van der Waals surface area contributed by atoms with Crippen LogP contribution in [0.4, 0.5) is 11.4 Å². The molecule has 3 aromatic rings. The van der Waals surface area contributed by atoms with Crippen molar-refractivity contribution >= 4 is 22.8 Å². The second-order valence-electron chi connectivity index (χ2n) is 5.76. The number of anilines is 2. The summed E-state index contributed by atoms with van der Waals surface area (Å²) in [4.78, 5) is 4.66. The van der Waals surface area contributed by atoms with Crippen LogP contribution in [0, 0.1) is 0 Å². The zero-order valence-electron chi connectivity index (χ0n) is 14.8. The number of para-hydroxylation sites is 2. The number of hydrogen-bond donors (Lipinski definition) is 2. The fourth-order valence-corrected chi connectivity index (χ4v) is 2.27.